The second-order valence-corrected chi connectivity index (χ2v) is 8.97. The molecule has 3 aromatic rings. The molecule has 0 saturated carbocycles. The molecule has 1 saturated heterocycles. The summed E-state index contributed by atoms with van der Waals surface area (Å²) >= 11 is 0. The van der Waals surface area contributed by atoms with E-state index < -0.39 is 5.97 Å². The Morgan fingerprint density at radius 1 is 1.26 bits per heavy atom. The number of nitrogens with one attached hydrogen (secondary N) is 1. The van der Waals surface area contributed by atoms with Gasteiger partial charge in [-0.2, -0.15) is 5.26 Å². The lowest BCUT2D eigenvalue weighted by Crippen LogP contribution is -2.53. The van der Waals surface area contributed by atoms with Crippen LogP contribution in [0.25, 0.3) is 11.0 Å². The normalized spacial score (nSPS) is 15.8. The van der Waals surface area contributed by atoms with Crippen molar-refractivity contribution in [3.63, 3.8) is 0 Å². The molecule has 0 radical (unpaired) electrons. The minimum Gasteiger partial charge on any atom is -0.478 e. The van der Waals surface area contributed by atoms with Gasteiger partial charge >= 0.3 is 5.97 Å². The third-order valence-corrected chi connectivity index (χ3v) is 5.56. The minimum absolute atomic E-state index is 0.189. The zero-order valence-corrected chi connectivity index (χ0v) is 18.1. The van der Waals surface area contributed by atoms with Crippen molar-refractivity contribution in [2.45, 2.75) is 33.7 Å². The fraction of sp³-hybridized carbons (Fsp3) is 0.333. The van der Waals surface area contributed by atoms with E-state index in [2.05, 4.69) is 35.1 Å². The molecule has 2 N–H and O–H groups in total. The molecule has 1 unspecified atom stereocenters. The van der Waals surface area contributed by atoms with Gasteiger partial charge in [0.15, 0.2) is 11.5 Å². The van der Waals surface area contributed by atoms with Gasteiger partial charge in [-0.25, -0.2) is 14.8 Å². The Balaban J connectivity index is 1.79. The first-order valence-corrected chi connectivity index (χ1v) is 10.2. The van der Waals surface area contributed by atoms with Crippen LogP contribution in [0.5, 0.6) is 0 Å². The predicted octanol–water partition coefficient (Wildman–Crippen LogP) is 4.53. The summed E-state index contributed by atoms with van der Waals surface area (Å²) in [6.07, 6.45) is 0. The summed E-state index contributed by atoms with van der Waals surface area (Å²) in [7, 11) is 0. The number of benzene rings is 2. The van der Waals surface area contributed by atoms with E-state index in [4.69, 9.17) is 4.98 Å². The number of fused-ring (bicyclic) bond motifs is 1. The van der Waals surface area contributed by atoms with Gasteiger partial charge in [-0.15, -0.1) is 0 Å². The SMILES string of the molecule is Cc1cc(C(C)Nc2ccccc2C(=O)O)c2nc(N3CC(C)(C)C3)c(C#N)nc2c1. The minimum atomic E-state index is -0.981. The zero-order chi connectivity index (χ0) is 22.3. The van der Waals surface area contributed by atoms with Gasteiger partial charge in [0.05, 0.1) is 22.6 Å². The van der Waals surface area contributed by atoms with Crippen molar-refractivity contribution in [2.24, 2.45) is 5.41 Å². The number of para-hydroxylation sites is 1. The van der Waals surface area contributed by atoms with E-state index in [1.165, 1.54) is 0 Å². The van der Waals surface area contributed by atoms with Crippen LogP contribution < -0.4 is 10.2 Å². The molecule has 158 valence electrons. The number of carbonyl (C=O) groups is 1. The highest BCUT2D eigenvalue weighted by molar-refractivity contribution is 5.94. The van der Waals surface area contributed by atoms with Crippen molar-refractivity contribution >= 4 is 28.5 Å². The van der Waals surface area contributed by atoms with Crippen LogP contribution >= 0.6 is 0 Å². The number of aromatic nitrogens is 2. The van der Waals surface area contributed by atoms with Crippen LogP contribution in [0, 0.1) is 23.7 Å². The molecule has 4 rings (SSSR count). The van der Waals surface area contributed by atoms with E-state index in [0.717, 1.165) is 29.7 Å². The van der Waals surface area contributed by atoms with Gasteiger partial charge in [-0.1, -0.05) is 32.0 Å². The summed E-state index contributed by atoms with van der Waals surface area (Å²) in [5.41, 5.74) is 4.57. The van der Waals surface area contributed by atoms with Gasteiger partial charge in [0.25, 0.3) is 0 Å². The lowest BCUT2D eigenvalue weighted by atomic mass is 9.84. The van der Waals surface area contributed by atoms with Gasteiger partial charge in [-0.3, -0.25) is 0 Å². The Kier molecular flexibility index (Phi) is 5.02. The average molecular weight is 415 g/mol. The summed E-state index contributed by atoms with van der Waals surface area (Å²) in [5, 5.41) is 22.5. The van der Waals surface area contributed by atoms with E-state index >= 15 is 0 Å². The molecule has 31 heavy (non-hydrogen) atoms. The lowest BCUT2D eigenvalue weighted by molar-refractivity contribution is 0.0698. The number of carboxylic acids is 1. The first kappa shape index (κ1) is 20.6. The fourth-order valence-corrected chi connectivity index (χ4v) is 4.19. The highest BCUT2D eigenvalue weighted by Gasteiger charge is 2.36. The number of nitrogens with zero attached hydrogens (tertiary/aromatic N) is 4. The van der Waals surface area contributed by atoms with Crippen LogP contribution in [0.4, 0.5) is 11.5 Å². The molecule has 0 bridgehead atoms. The molecule has 1 atom stereocenters. The zero-order valence-electron chi connectivity index (χ0n) is 18.1. The number of nitriles is 1. The molecule has 1 aliphatic rings. The Bertz CT molecular complexity index is 1220. The van der Waals surface area contributed by atoms with E-state index in [0.29, 0.717) is 22.7 Å². The Hall–Kier alpha value is -3.66. The summed E-state index contributed by atoms with van der Waals surface area (Å²) < 4.78 is 0. The molecule has 7 heteroatoms. The maximum absolute atomic E-state index is 11.6. The van der Waals surface area contributed by atoms with Crippen molar-refractivity contribution < 1.29 is 9.90 Å². The lowest BCUT2D eigenvalue weighted by Gasteiger charge is -2.46. The standard InChI is InChI=1S/C24H25N5O2/c1-14-9-17(15(2)26-18-8-6-5-7-16(18)23(30)31)21-19(10-14)27-20(11-25)22(28-21)29-12-24(3,4)13-29/h5-10,15,26H,12-13H2,1-4H3,(H,30,31). The summed E-state index contributed by atoms with van der Waals surface area (Å²) in [4.78, 5) is 23.2. The second-order valence-electron chi connectivity index (χ2n) is 8.97. The number of hydrogen-bond acceptors (Lipinski definition) is 6. The maximum atomic E-state index is 11.6. The molecule has 0 aliphatic carbocycles. The number of anilines is 2. The van der Waals surface area contributed by atoms with Gasteiger partial charge in [0.2, 0.25) is 0 Å². The predicted molar refractivity (Wildman–Crippen MR) is 120 cm³/mol. The number of aromatic carboxylic acids is 1. The number of carboxylic acid groups (broad SMARTS) is 1. The van der Waals surface area contributed by atoms with Crippen molar-refractivity contribution in [2.75, 3.05) is 23.3 Å². The van der Waals surface area contributed by atoms with Crippen LogP contribution in [0.15, 0.2) is 36.4 Å². The van der Waals surface area contributed by atoms with Gasteiger partial charge in [-0.05, 0) is 43.0 Å². The van der Waals surface area contributed by atoms with Crippen molar-refractivity contribution in [3.8, 4) is 6.07 Å². The molecule has 0 spiro atoms. The molecule has 2 aromatic carbocycles. The molecule has 1 fully saturated rings. The fourth-order valence-electron chi connectivity index (χ4n) is 4.19. The largest absolute Gasteiger partial charge is 0.478 e. The summed E-state index contributed by atoms with van der Waals surface area (Å²) in [5.74, 6) is -0.372. The van der Waals surface area contributed by atoms with Crippen molar-refractivity contribution in [3.05, 3.63) is 58.8 Å². The van der Waals surface area contributed by atoms with Crippen LogP contribution in [0.1, 0.15) is 54.0 Å². The highest BCUT2D eigenvalue weighted by Crippen LogP contribution is 2.36. The van der Waals surface area contributed by atoms with E-state index in [9.17, 15) is 15.2 Å². The first-order valence-electron chi connectivity index (χ1n) is 10.2. The number of aryl methyl sites for hydroxylation is 1. The van der Waals surface area contributed by atoms with E-state index in [-0.39, 0.29) is 17.0 Å². The average Bonchev–Trinajstić information content (AvgIpc) is 2.70. The topological polar surface area (TPSA) is 102 Å². The third-order valence-electron chi connectivity index (χ3n) is 5.56. The monoisotopic (exact) mass is 415 g/mol. The summed E-state index contributed by atoms with van der Waals surface area (Å²) in [6, 6.07) is 12.8. The molecule has 2 heterocycles. The van der Waals surface area contributed by atoms with Crippen LogP contribution in [0.2, 0.25) is 0 Å². The van der Waals surface area contributed by atoms with Crippen LogP contribution in [0.3, 0.4) is 0 Å². The van der Waals surface area contributed by atoms with Crippen LogP contribution in [-0.2, 0) is 0 Å². The van der Waals surface area contributed by atoms with Crippen molar-refractivity contribution in [1.29, 1.82) is 5.26 Å². The molecular weight excluding hydrogens is 390 g/mol. The highest BCUT2D eigenvalue weighted by atomic mass is 16.4. The van der Waals surface area contributed by atoms with Gasteiger partial charge in [0, 0.05) is 24.3 Å². The molecule has 0 amide bonds. The molecular formula is C24H25N5O2. The van der Waals surface area contributed by atoms with Gasteiger partial charge in [0.1, 0.15) is 6.07 Å². The molecule has 1 aliphatic heterocycles. The Labute approximate surface area is 181 Å². The Morgan fingerprint density at radius 3 is 2.61 bits per heavy atom. The second kappa shape index (κ2) is 7.55. The summed E-state index contributed by atoms with van der Waals surface area (Å²) in [6.45, 7) is 9.96. The molecule has 7 nitrogen and oxygen atoms in total. The van der Waals surface area contributed by atoms with E-state index in [1.54, 1.807) is 24.3 Å². The van der Waals surface area contributed by atoms with Crippen LogP contribution in [-0.4, -0.2) is 34.1 Å². The molecule has 1 aromatic heterocycles. The number of hydrogen-bond donors (Lipinski definition) is 2. The maximum Gasteiger partial charge on any atom is 0.337 e. The van der Waals surface area contributed by atoms with E-state index in [1.807, 2.05) is 26.0 Å². The Morgan fingerprint density at radius 2 is 1.97 bits per heavy atom. The quantitative estimate of drug-likeness (QED) is 0.631. The van der Waals surface area contributed by atoms with Crippen molar-refractivity contribution in [1.82, 2.24) is 9.97 Å². The smallest absolute Gasteiger partial charge is 0.337 e. The number of rotatable bonds is 5. The third kappa shape index (κ3) is 3.89. The van der Waals surface area contributed by atoms with Gasteiger partial charge < -0.3 is 15.3 Å². The first-order chi connectivity index (χ1) is 14.7.